The van der Waals surface area contributed by atoms with Gasteiger partial charge in [-0.25, -0.2) is 4.98 Å². The standard InChI is InChI=1S/C27H33N3O3S/c1-16-14-29-25(34-16)30-23(31)9-5-18-13-27(32,15-28)26(2)11-10-21-20-8-6-19(33-3)12-17(20)4-7-22(21)24(18)26/h6,8,12,14,18,21-22,24,32H,4-5,7,9-11,13H2,1-3H3,(H,29,30,31). The summed E-state index contributed by atoms with van der Waals surface area (Å²) in [5.41, 5.74) is 0.992. The van der Waals surface area contributed by atoms with Crippen LogP contribution >= 0.6 is 11.3 Å². The van der Waals surface area contributed by atoms with Crippen molar-refractivity contribution >= 4 is 22.4 Å². The smallest absolute Gasteiger partial charge is 0.226 e. The molecule has 1 aromatic carbocycles. The molecule has 0 radical (unpaired) electrons. The minimum absolute atomic E-state index is 0.0445. The van der Waals surface area contributed by atoms with Crippen molar-refractivity contribution in [1.29, 1.82) is 5.26 Å². The molecule has 3 aliphatic rings. The summed E-state index contributed by atoms with van der Waals surface area (Å²) in [5.74, 6) is 2.07. The number of fused-ring (bicyclic) bond motifs is 5. The molecule has 34 heavy (non-hydrogen) atoms. The van der Waals surface area contributed by atoms with Crippen molar-refractivity contribution in [3.8, 4) is 11.8 Å². The number of hydrogen-bond donors (Lipinski definition) is 2. The molecular formula is C27H33N3O3S. The van der Waals surface area contributed by atoms with Crippen LogP contribution < -0.4 is 10.1 Å². The number of carbonyl (C=O) groups excluding carboxylic acids is 1. The summed E-state index contributed by atoms with van der Waals surface area (Å²) in [6, 6.07) is 8.74. The van der Waals surface area contributed by atoms with E-state index < -0.39 is 11.0 Å². The van der Waals surface area contributed by atoms with E-state index in [1.165, 1.54) is 22.5 Å². The zero-order valence-electron chi connectivity index (χ0n) is 20.1. The van der Waals surface area contributed by atoms with Gasteiger partial charge in [-0.15, -0.1) is 11.3 Å². The second kappa shape index (κ2) is 8.66. The summed E-state index contributed by atoms with van der Waals surface area (Å²) >= 11 is 1.47. The summed E-state index contributed by atoms with van der Waals surface area (Å²) in [7, 11) is 1.71. The molecule has 6 nitrogen and oxygen atoms in total. The van der Waals surface area contributed by atoms with Crippen LogP contribution in [0.25, 0.3) is 0 Å². The molecule has 3 aliphatic carbocycles. The lowest BCUT2D eigenvalue weighted by Gasteiger charge is -2.52. The average molecular weight is 480 g/mol. The molecule has 2 saturated carbocycles. The Morgan fingerprint density at radius 3 is 2.94 bits per heavy atom. The Balaban J connectivity index is 1.38. The normalized spacial score (nSPS) is 33.9. The van der Waals surface area contributed by atoms with E-state index in [0.29, 0.717) is 36.2 Å². The van der Waals surface area contributed by atoms with E-state index in [2.05, 4.69) is 41.5 Å². The number of thiazole rings is 1. The van der Waals surface area contributed by atoms with Gasteiger partial charge >= 0.3 is 0 Å². The van der Waals surface area contributed by atoms with Crippen LogP contribution in [0.2, 0.25) is 0 Å². The fraction of sp³-hybridized carbons (Fsp3) is 0.593. The van der Waals surface area contributed by atoms with E-state index in [4.69, 9.17) is 4.74 Å². The number of nitrogens with zero attached hydrogens (tertiary/aromatic N) is 2. The second-order valence-corrected chi connectivity index (χ2v) is 11.9. The van der Waals surface area contributed by atoms with Gasteiger partial charge in [-0.05, 0) is 92.4 Å². The highest BCUT2D eigenvalue weighted by Crippen LogP contribution is 2.66. The van der Waals surface area contributed by atoms with Crippen LogP contribution in [-0.2, 0) is 11.2 Å². The molecule has 0 aliphatic heterocycles. The molecule has 5 rings (SSSR count). The van der Waals surface area contributed by atoms with Crippen molar-refractivity contribution in [2.24, 2.45) is 23.2 Å². The highest BCUT2D eigenvalue weighted by Gasteiger charge is 2.65. The zero-order chi connectivity index (χ0) is 24.1. The fourth-order valence-corrected chi connectivity index (χ4v) is 8.07. The molecule has 7 heteroatoms. The zero-order valence-corrected chi connectivity index (χ0v) is 21.0. The number of carbonyl (C=O) groups is 1. The van der Waals surface area contributed by atoms with Gasteiger partial charge in [0.05, 0.1) is 13.2 Å². The second-order valence-electron chi connectivity index (χ2n) is 10.7. The van der Waals surface area contributed by atoms with Crippen molar-refractivity contribution in [3.63, 3.8) is 0 Å². The first-order valence-corrected chi connectivity index (χ1v) is 13.1. The number of aryl methyl sites for hydroxylation is 2. The third kappa shape index (κ3) is 3.72. The number of amides is 1. The topological polar surface area (TPSA) is 95.2 Å². The lowest BCUT2D eigenvalue weighted by Crippen LogP contribution is -2.50. The minimum Gasteiger partial charge on any atom is -0.497 e. The maximum Gasteiger partial charge on any atom is 0.226 e. The molecule has 1 amide bonds. The Bertz CT molecular complexity index is 1140. The number of ether oxygens (including phenoxy) is 1. The molecule has 0 bridgehead atoms. The van der Waals surface area contributed by atoms with Gasteiger partial charge in [0, 0.05) is 22.9 Å². The molecule has 2 aromatic rings. The first kappa shape index (κ1) is 23.3. The van der Waals surface area contributed by atoms with Crippen molar-refractivity contribution in [2.45, 2.75) is 70.3 Å². The summed E-state index contributed by atoms with van der Waals surface area (Å²) < 4.78 is 5.45. The van der Waals surface area contributed by atoms with Crippen LogP contribution in [0.1, 0.15) is 67.4 Å². The molecule has 2 fully saturated rings. The Kier molecular flexibility index (Phi) is 5.94. The molecular weight excluding hydrogens is 446 g/mol. The lowest BCUT2D eigenvalue weighted by molar-refractivity contribution is -0.116. The number of hydrogen-bond acceptors (Lipinski definition) is 6. The number of anilines is 1. The molecule has 180 valence electrons. The van der Waals surface area contributed by atoms with E-state index in [9.17, 15) is 15.2 Å². The Morgan fingerprint density at radius 1 is 1.41 bits per heavy atom. The van der Waals surface area contributed by atoms with E-state index >= 15 is 0 Å². The summed E-state index contributed by atoms with van der Waals surface area (Å²) in [4.78, 5) is 18.0. The number of methoxy groups -OCH3 is 1. The van der Waals surface area contributed by atoms with Crippen molar-refractivity contribution < 1.29 is 14.6 Å². The van der Waals surface area contributed by atoms with Crippen LogP contribution in [0.15, 0.2) is 24.4 Å². The highest BCUT2D eigenvalue weighted by atomic mass is 32.1. The van der Waals surface area contributed by atoms with Crippen LogP contribution in [-0.4, -0.2) is 28.7 Å². The summed E-state index contributed by atoms with van der Waals surface area (Å²) in [6.45, 7) is 4.09. The maximum absolute atomic E-state index is 12.7. The maximum atomic E-state index is 12.7. The van der Waals surface area contributed by atoms with Gasteiger partial charge < -0.3 is 15.2 Å². The van der Waals surface area contributed by atoms with Crippen LogP contribution in [0, 0.1) is 41.4 Å². The molecule has 6 unspecified atom stereocenters. The molecule has 1 aromatic heterocycles. The number of aromatic nitrogens is 1. The monoisotopic (exact) mass is 479 g/mol. The van der Waals surface area contributed by atoms with Gasteiger partial charge in [-0.2, -0.15) is 5.26 Å². The quantitative estimate of drug-likeness (QED) is 0.574. The third-order valence-electron chi connectivity index (χ3n) is 8.99. The predicted octanol–water partition coefficient (Wildman–Crippen LogP) is 5.22. The number of nitriles is 1. The van der Waals surface area contributed by atoms with E-state index in [1.807, 2.05) is 6.92 Å². The third-order valence-corrected chi connectivity index (χ3v) is 9.82. The van der Waals surface area contributed by atoms with Crippen LogP contribution in [0.3, 0.4) is 0 Å². The number of benzene rings is 1. The summed E-state index contributed by atoms with van der Waals surface area (Å²) in [5, 5.41) is 25.1. The first-order valence-electron chi connectivity index (χ1n) is 12.3. The van der Waals surface area contributed by atoms with Crippen molar-refractivity contribution in [1.82, 2.24) is 4.98 Å². The minimum atomic E-state index is -1.34. The lowest BCUT2D eigenvalue weighted by atomic mass is 9.52. The van der Waals surface area contributed by atoms with Crippen molar-refractivity contribution in [2.75, 3.05) is 12.4 Å². The van der Waals surface area contributed by atoms with Gasteiger partial charge in [0.25, 0.3) is 0 Å². The Hall–Kier alpha value is -2.43. The van der Waals surface area contributed by atoms with E-state index in [-0.39, 0.29) is 17.7 Å². The molecule has 0 spiro atoms. The largest absolute Gasteiger partial charge is 0.497 e. The number of rotatable bonds is 5. The molecule has 1 heterocycles. The van der Waals surface area contributed by atoms with Crippen LogP contribution in [0.5, 0.6) is 5.75 Å². The Labute approximate surface area is 205 Å². The fourth-order valence-electron chi connectivity index (χ4n) is 7.39. The van der Waals surface area contributed by atoms with E-state index in [0.717, 1.165) is 36.3 Å². The van der Waals surface area contributed by atoms with Gasteiger partial charge in [0.2, 0.25) is 5.91 Å². The number of aliphatic hydroxyl groups is 1. The number of nitrogens with one attached hydrogen (secondary N) is 1. The SMILES string of the molecule is COc1ccc2c(c1)CCC1C2CCC2(C)C1C(CCC(=O)Nc1ncc(C)s1)CC2(O)C#N. The van der Waals surface area contributed by atoms with Crippen LogP contribution in [0.4, 0.5) is 5.13 Å². The molecule has 2 N–H and O–H groups in total. The molecule has 0 saturated heterocycles. The summed E-state index contributed by atoms with van der Waals surface area (Å²) in [6.07, 6.45) is 7.12. The van der Waals surface area contributed by atoms with Gasteiger partial charge in [0.1, 0.15) is 5.75 Å². The van der Waals surface area contributed by atoms with Crippen molar-refractivity contribution in [3.05, 3.63) is 40.4 Å². The van der Waals surface area contributed by atoms with Gasteiger partial charge in [-0.3, -0.25) is 4.79 Å². The Morgan fingerprint density at radius 2 is 2.24 bits per heavy atom. The van der Waals surface area contributed by atoms with Gasteiger partial charge in [-0.1, -0.05) is 13.0 Å². The average Bonchev–Trinajstić information content (AvgIpc) is 3.34. The first-order chi connectivity index (χ1) is 16.3. The van der Waals surface area contributed by atoms with Gasteiger partial charge in [0.15, 0.2) is 10.7 Å². The predicted molar refractivity (Wildman–Crippen MR) is 132 cm³/mol. The molecule has 6 atom stereocenters. The van der Waals surface area contributed by atoms with E-state index in [1.54, 1.807) is 13.3 Å². The highest BCUT2D eigenvalue weighted by molar-refractivity contribution is 7.15.